The molecule has 3 fully saturated rings. The first kappa shape index (κ1) is 15.1. The summed E-state index contributed by atoms with van der Waals surface area (Å²) in [5.74, 6) is 1.79. The average Bonchev–Trinajstić information content (AvgIpc) is 2.86. The Hall–Kier alpha value is -1.44. The van der Waals surface area contributed by atoms with E-state index in [0.29, 0.717) is 29.6 Å². The molecular formula is C21H26O2. The smallest absolute Gasteiger partial charge is 0.178 e. The molecule has 23 heavy (non-hydrogen) atoms. The summed E-state index contributed by atoms with van der Waals surface area (Å²) >= 11 is 0. The van der Waals surface area contributed by atoms with E-state index in [4.69, 9.17) is 0 Å². The summed E-state index contributed by atoms with van der Waals surface area (Å²) in [4.78, 5) is 24.6. The summed E-state index contributed by atoms with van der Waals surface area (Å²) in [6.45, 7) is 6.78. The normalized spacial score (nSPS) is 47.2. The van der Waals surface area contributed by atoms with E-state index in [9.17, 15) is 9.59 Å². The van der Waals surface area contributed by atoms with Crippen LogP contribution in [0.2, 0.25) is 0 Å². The molecule has 0 heterocycles. The maximum atomic E-state index is 12.8. The molecular weight excluding hydrogens is 284 g/mol. The molecule has 3 saturated carbocycles. The molecule has 0 aromatic carbocycles. The number of allylic oxidation sites excluding steroid dienone is 6. The average molecular weight is 310 g/mol. The Morgan fingerprint density at radius 2 is 1.96 bits per heavy atom. The first-order chi connectivity index (χ1) is 10.9. The Kier molecular flexibility index (Phi) is 3.14. The fraction of sp³-hybridized carbons (Fsp3) is 0.619. The summed E-state index contributed by atoms with van der Waals surface area (Å²) in [7, 11) is 0. The summed E-state index contributed by atoms with van der Waals surface area (Å²) in [6, 6.07) is 0. The third-order valence-electron chi connectivity index (χ3n) is 7.59. The van der Waals surface area contributed by atoms with Crippen LogP contribution in [-0.4, -0.2) is 11.6 Å². The van der Waals surface area contributed by atoms with Crippen molar-refractivity contribution in [2.75, 3.05) is 0 Å². The number of ketones is 2. The van der Waals surface area contributed by atoms with Crippen molar-refractivity contribution in [3.05, 3.63) is 35.5 Å². The first-order valence-electron chi connectivity index (χ1n) is 9.04. The molecule has 2 heteroatoms. The van der Waals surface area contributed by atoms with E-state index in [2.05, 4.69) is 26.8 Å². The van der Waals surface area contributed by atoms with Crippen LogP contribution >= 0.6 is 0 Å². The Balaban J connectivity index is 1.76. The van der Waals surface area contributed by atoms with Gasteiger partial charge in [0.1, 0.15) is 0 Å². The number of hydrogen-bond acceptors (Lipinski definition) is 2. The number of hydrogen-bond donors (Lipinski definition) is 0. The second-order valence-electron chi connectivity index (χ2n) is 8.39. The van der Waals surface area contributed by atoms with Gasteiger partial charge in [-0.15, -0.1) is 0 Å². The van der Waals surface area contributed by atoms with Gasteiger partial charge in [-0.05, 0) is 67.9 Å². The van der Waals surface area contributed by atoms with Gasteiger partial charge in [0.05, 0.1) is 0 Å². The largest absolute Gasteiger partial charge is 0.295 e. The van der Waals surface area contributed by atoms with Crippen LogP contribution in [0, 0.1) is 28.6 Å². The molecule has 4 aliphatic carbocycles. The van der Waals surface area contributed by atoms with Crippen LogP contribution in [0.25, 0.3) is 0 Å². The summed E-state index contributed by atoms with van der Waals surface area (Å²) in [5.41, 5.74) is 2.45. The van der Waals surface area contributed by atoms with Gasteiger partial charge in [-0.3, -0.25) is 9.59 Å². The van der Waals surface area contributed by atoms with E-state index < -0.39 is 0 Å². The molecule has 2 nitrogen and oxygen atoms in total. The highest BCUT2D eigenvalue weighted by Crippen LogP contribution is 2.65. The van der Waals surface area contributed by atoms with Crippen molar-refractivity contribution in [1.82, 2.24) is 0 Å². The summed E-state index contributed by atoms with van der Waals surface area (Å²) < 4.78 is 0. The van der Waals surface area contributed by atoms with Crippen LogP contribution in [0.4, 0.5) is 0 Å². The highest BCUT2D eigenvalue weighted by Gasteiger charge is 2.58. The Morgan fingerprint density at radius 1 is 1.17 bits per heavy atom. The van der Waals surface area contributed by atoms with Gasteiger partial charge >= 0.3 is 0 Å². The van der Waals surface area contributed by atoms with Crippen molar-refractivity contribution in [3.63, 3.8) is 0 Å². The lowest BCUT2D eigenvalue weighted by atomic mass is 9.48. The molecule has 0 unspecified atom stereocenters. The molecule has 0 N–H and O–H groups in total. The molecule has 0 bridgehead atoms. The van der Waals surface area contributed by atoms with Gasteiger partial charge in [-0.1, -0.05) is 31.6 Å². The van der Waals surface area contributed by atoms with Crippen molar-refractivity contribution in [1.29, 1.82) is 0 Å². The van der Waals surface area contributed by atoms with Gasteiger partial charge in [0.2, 0.25) is 0 Å². The van der Waals surface area contributed by atoms with E-state index in [1.165, 1.54) is 19.3 Å². The minimum absolute atomic E-state index is 0.0259. The fourth-order valence-corrected chi connectivity index (χ4v) is 6.36. The highest BCUT2D eigenvalue weighted by atomic mass is 16.1. The Bertz CT molecular complexity index is 680. The van der Waals surface area contributed by atoms with Gasteiger partial charge in [0.25, 0.3) is 0 Å². The third kappa shape index (κ3) is 1.87. The van der Waals surface area contributed by atoms with E-state index in [1.807, 2.05) is 6.08 Å². The monoisotopic (exact) mass is 310 g/mol. The maximum absolute atomic E-state index is 12.8. The van der Waals surface area contributed by atoms with Crippen LogP contribution in [0.1, 0.15) is 52.9 Å². The molecule has 4 aliphatic rings. The number of carbonyl (C=O) groups is 2. The van der Waals surface area contributed by atoms with Crippen LogP contribution in [0.3, 0.4) is 0 Å². The topological polar surface area (TPSA) is 34.1 Å². The molecule has 4 rings (SSSR count). The van der Waals surface area contributed by atoms with Gasteiger partial charge < -0.3 is 0 Å². The van der Waals surface area contributed by atoms with Crippen LogP contribution in [0.5, 0.6) is 0 Å². The molecule has 0 aromatic rings. The maximum Gasteiger partial charge on any atom is 0.178 e. The number of fused-ring (bicyclic) bond motifs is 5. The van der Waals surface area contributed by atoms with E-state index in [-0.39, 0.29) is 17.0 Å². The number of carbonyl (C=O) groups excluding carboxylic acids is 2. The molecule has 0 spiro atoms. The van der Waals surface area contributed by atoms with Gasteiger partial charge in [-0.25, -0.2) is 0 Å². The first-order valence-corrected chi connectivity index (χ1v) is 9.04. The number of Topliss-reactive ketones (excluding diaryl/α,β-unsaturated/α-hetero) is 1. The molecule has 0 amide bonds. The Labute approximate surface area is 138 Å². The standard InChI is InChI=1S/C21H26O2/c1-4-13-5-6-16-15-12-19(23)18-11-14(22)7-9-21(18,3)17(15)8-10-20(13,16)2/h4,7,9,11,15-17H,5-6,8,10,12H2,1-3H3/t15-,16-,17-,20+,21+/m0/s1. The second-order valence-corrected chi connectivity index (χ2v) is 8.39. The lowest BCUT2D eigenvalue weighted by Crippen LogP contribution is -2.51. The van der Waals surface area contributed by atoms with Gasteiger partial charge in [0.15, 0.2) is 11.6 Å². The van der Waals surface area contributed by atoms with Crippen molar-refractivity contribution in [2.24, 2.45) is 28.6 Å². The quantitative estimate of drug-likeness (QED) is 0.621. The fourth-order valence-electron chi connectivity index (χ4n) is 6.36. The van der Waals surface area contributed by atoms with E-state index >= 15 is 0 Å². The second kappa shape index (κ2) is 4.78. The molecule has 0 saturated heterocycles. The minimum atomic E-state index is -0.228. The zero-order chi connectivity index (χ0) is 16.4. The van der Waals surface area contributed by atoms with Gasteiger partial charge in [-0.2, -0.15) is 0 Å². The number of rotatable bonds is 0. The van der Waals surface area contributed by atoms with Crippen LogP contribution < -0.4 is 0 Å². The van der Waals surface area contributed by atoms with Crippen molar-refractivity contribution in [3.8, 4) is 0 Å². The predicted molar refractivity (Wildman–Crippen MR) is 90.8 cm³/mol. The van der Waals surface area contributed by atoms with E-state index in [1.54, 1.807) is 17.7 Å². The van der Waals surface area contributed by atoms with Crippen LogP contribution in [-0.2, 0) is 9.59 Å². The summed E-state index contributed by atoms with van der Waals surface area (Å²) in [6.07, 6.45) is 13.1. The summed E-state index contributed by atoms with van der Waals surface area (Å²) in [5, 5.41) is 0. The van der Waals surface area contributed by atoms with Crippen LogP contribution in [0.15, 0.2) is 35.5 Å². The third-order valence-corrected chi connectivity index (χ3v) is 7.59. The van der Waals surface area contributed by atoms with Crippen molar-refractivity contribution < 1.29 is 9.59 Å². The minimum Gasteiger partial charge on any atom is -0.295 e. The molecule has 0 aliphatic heterocycles. The predicted octanol–water partition coefficient (Wildman–Crippen LogP) is 4.42. The SMILES string of the molecule is CC=C1CC[C@H]2[C@@H]3CC(=O)C4=CC(=O)C=C[C@]4(C)[C@H]3CC[C@]12C. The lowest BCUT2D eigenvalue weighted by molar-refractivity contribution is -0.125. The molecule has 0 radical (unpaired) electrons. The molecule has 122 valence electrons. The lowest BCUT2D eigenvalue weighted by Gasteiger charge is -2.55. The molecule has 0 aromatic heterocycles. The zero-order valence-corrected chi connectivity index (χ0v) is 14.4. The highest BCUT2D eigenvalue weighted by molar-refractivity contribution is 6.10. The zero-order valence-electron chi connectivity index (χ0n) is 14.4. The van der Waals surface area contributed by atoms with Gasteiger partial charge in [0, 0.05) is 17.4 Å². The van der Waals surface area contributed by atoms with Crippen molar-refractivity contribution >= 4 is 11.6 Å². The van der Waals surface area contributed by atoms with E-state index in [0.717, 1.165) is 12.0 Å². The Morgan fingerprint density at radius 3 is 2.70 bits per heavy atom. The van der Waals surface area contributed by atoms with Crippen molar-refractivity contribution in [2.45, 2.75) is 52.9 Å². The molecule has 5 atom stereocenters.